The van der Waals surface area contributed by atoms with Crippen LogP contribution in [0.25, 0.3) is 33.5 Å². The SMILES string of the molecule is O=C(c1ccc(-c2ccc(-c3nc4nc(O)[nH]c4cc3Cl)cc2)cc1)N1CCC(O)CC1. The molecule has 0 radical (unpaired) electrons. The van der Waals surface area contributed by atoms with Gasteiger partial charge in [0.25, 0.3) is 11.9 Å². The largest absolute Gasteiger partial charge is 0.480 e. The molecule has 3 N–H and O–H groups in total. The zero-order chi connectivity index (χ0) is 22.2. The van der Waals surface area contributed by atoms with Crippen molar-refractivity contribution < 1.29 is 15.0 Å². The molecule has 0 spiro atoms. The summed E-state index contributed by atoms with van der Waals surface area (Å²) >= 11 is 6.38. The Morgan fingerprint density at radius 1 is 0.969 bits per heavy atom. The summed E-state index contributed by atoms with van der Waals surface area (Å²) in [4.78, 5) is 25.6. The Labute approximate surface area is 189 Å². The second kappa shape index (κ2) is 8.26. The molecule has 0 saturated carbocycles. The van der Waals surface area contributed by atoms with Gasteiger partial charge in [0, 0.05) is 24.2 Å². The van der Waals surface area contributed by atoms with E-state index >= 15 is 0 Å². The third kappa shape index (κ3) is 3.92. The summed E-state index contributed by atoms with van der Waals surface area (Å²) < 4.78 is 0. The molecule has 0 bridgehead atoms. The first-order chi connectivity index (χ1) is 15.5. The molecule has 1 fully saturated rings. The van der Waals surface area contributed by atoms with E-state index in [1.54, 1.807) is 11.0 Å². The number of amides is 1. The summed E-state index contributed by atoms with van der Waals surface area (Å²) in [5.41, 5.74) is 5.04. The van der Waals surface area contributed by atoms with Crippen LogP contribution in [0, 0.1) is 0 Å². The van der Waals surface area contributed by atoms with Crippen LogP contribution in [-0.2, 0) is 0 Å². The highest BCUT2D eigenvalue weighted by Crippen LogP contribution is 2.31. The number of carbonyl (C=O) groups is 1. The molecule has 1 aliphatic rings. The van der Waals surface area contributed by atoms with E-state index in [9.17, 15) is 15.0 Å². The lowest BCUT2D eigenvalue weighted by molar-refractivity contribution is 0.0546. The molecule has 2 aromatic carbocycles. The van der Waals surface area contributed by atoms with Gasteiger partial charge in [-0.05, 0) is 42.2 Å². The number of halogens is 1. The Kier molecular flexibility index (Phi) is 5.28. The number of fused-ring (bicyclic) bond motifs is 1. The number of pyridine rings is 1. The van der Waals surface area contributed by atoms with E-state index in [-0.39, 0.29) is 18.0 Å². The first-order valence-electron chi connectivity index (χ1n) is 10.4. The lowest BCUT2D eigenvalue weighted by Crippen LogP contribution is -2.40. The number of hydrogen-bond donors (Lipinski definition) is 3. The standard InChI is InChI=1S/C24H21ClN4O3/c25-19-13-20-22(28-24(32)26-20)27-21(19)16-5-1-14(2-6-16)15-3-7-17(8-4-15)23(31)29-11-9-18(30)10-12-29/h1-8,13,18,30H,9-12H2,(H2,26,27,28,32). The van der Waals surface area contributed by atoms with Crippen molar-refractivity contribution in [1.29, 1.82) is 0 Å². The number of aromatic amines is 1. The number of H-pyrrole nitrogens is 1. The van der Waals surface area contributed by atoms with Gasteiger partial charge in [0.15, 0.2) is 5.65 Å². The molecule has 0 aliphatic carbocycles. The second-order valence-corrected chi connectivity index (χ2v) is 8.34. The van der Waals surface area contributed by atoms with E-state index in [1.165, 1.54) is 0 Å². The highest BCUT2D eigenvalue weighted by molar-refractivity contribution is 6.33. The molecule has 1 aliphatic heterocycles. The van der Waals surface area contributed by atoms with E-state index in [0.717, 1.165) is 16.7 Å². The minimum absolute atomic E-state index is 0.000639. The molecule has 1 saturated heterocycles. The van der Waals surface area contributed by atoms with Crippen LogP contribution >= 0.6 is 11.6 Å². The normalized spacial score (nSPS) is 14.8. The predicted molar refractivity (Wildman–Crippen MR) is 123 cm³/mol. The predicted octanol–water partition coefficient (Wildman–Crippen LogP) is 4.25. The number of imidazole rings is 1. The van der Waals surface area contributed by atoms with Gasteiger partial charge in [0.2, 0.25) is 0 Å². The highest BCUT2D eigenvalue weighted by Gasteiger charge is 2.22. The molecule has 0 unspecified atom stereocenters. The van der Waals surface area contributed by atoms with E-state index in [1.807, 2.05) is 48.5 Å². The molecule has 0 atom stereocenters. The third-order valence-corrected chi connectivity index (χ3v) is 6.08. The second-order valence-electron chi connectivity index (χ2n) is 7.93. The molecule has 5 rings (SSSR count). The van der Waals surface area contributed by atoms with Crippen LogP contribution in [0.5, 0.6) is 6.01 Å². The fourth-order valence-corrected chi connectivity index (χ4v) is 4.25. The maximum Gasteiger partial charge on any atom is 0.293 e. The van der Waals surface area contributed by atoms with E-state index in [4.69, 9.17) is 11.6 Å². The van der Waals surface area contributed by atoms with Crippen molar-refractivity contribution >= 4 is 28.7 Å². The van der Waals surface area contributed by atoms with Crippen LogP contribution in [0.15, 0.2) is 54.6 Å². The van der Waals surface area contributed by atoms with Gasteiger partial charge in [-0.15, -0.1) is 0 Å². The molecule has 2 aromatic heterocycles. The third-order valence-electron chi connectivity index (χ3n) is 5.79. The van der Waals surface area contributed by atoms with E-state index in [2.05, 4.69) is 15.0 Å². The molecule has 1 amide bonds. The Bertz CT molecular complexity index is 1280. The van der Waals surface area contributed by atoms with Crippen LogP contribution in [0.4, 0.5) is 0 Å². The van der Waals surface area contributed by atoms with E-state index < -0.39 is 0 Å². The van der Waals surface area contributed by atoms with Gasteiger partial charge in [0.1, 0.15) is 0 Å². The van der Waals surface area contributed by atoms with Gasteiger partial charge >= 0.3 is 0 Å². The molecule has 32 heavy (non-hydrogen) atoms. The number of nitrogens with one attached hydrogen (secondary N) is 1. The smallest absolute Gasteiger partial charge is 0.293 e. The molecular weight excluding hydrogens is 428 g/mol. The zero-order valence-electron chi connectivity index (χ0n) is 17.1. The van der Waals surface area contributed by atoms with Crippen molar-refractivity contribution in [2.24, 2.45) is 0 Å². The molecule has 3 heterocycles. The van der Waals surface area contributed by atoms with Gasteiger partial charge in [-0.25, -0.2) is 4.98 Å². The van der Waals surface area contributed by atoms with Crippen molar-refractivity contribution in [3.05, 3.63) is 65.2 Å². The summed E-state index contributed by atoms with van der Waals surface area (Å²) in [6.45, 7) is 1.17. The first-order valence-corrected chi connectivity index (χ1v) is 10.8. The van der Waals surface area contributed by atoms with Gasteiger partial charge in [-0.3, -0.25) is 4.79 Å². The van der Waals surface area contributed by atoms with Crippen LogP contribution < -0.4 is 0 Å². The highest BCUT2D eigenvalue weighted by atomic mass is 35.5. The van der Waals surface area contributed by atoms with Crippen molar-refractivity contribution in [2.45, 2.75) is 18.9 Å². The summed E-state index contributed by atoms with van der Waals surface area (Å²) in [5.74, 6) is -0.000639. The number of likely N-dealkylation sites (tertiary alicyclic amines) is 1. The number of nitrogens with zero attached hydrogens (tertiary/aromatic N) is 3. The number of rotatable bonds is 3. The van der Waals surface area contributed by atoms with Gasteiger partial charge in [-0.2, -0.15) is 4.98 Å². The summed E-state index contributed by atoms with van der Waals surface area (Å²) in [7, 11) is 0. The number of aromatic hydroxyl groups is 1. The van der Waals surface area contributed by atoms with Crippen LogP contribution in [-0.4, -0.2) is 55.2 Å². The average Bonchev–Trinajstić information content (AvgIpc) is 3.17. The number of benzene rings is 2. The lowest BCUT2D eigenvalue weighted by atomic mass is 10.0. The van der Waals surface area contributed by atoms with Crippen LogP contribution in [0.1, 0.15) is 23.2 Å². The van der Waals surface area contributed by atoms with Gasteiger partial charge < -0.3 is 20.1 Å². The average molecular weight is 449 g/mol. The summed E-state index contributed by atoms with van der Waals surface area (Å²) in [6, 6.07) is 16.9. The molecule has 7 nitrogen and oxygen atoms in total. The van der Waals surface area contributed by atoms with Crippen LogP contribution in [0.3, 0.4) is 0 Å². The number of aliphatic hydroxyl groups excluding tert-OH is 1. The zero-order valence-corrected chi connectivity index (χ0v) is 17.9. The monoisotopic (exact) mass is 448 g/mol. The summed E-state index contributed by atoms with van der Waals surface area (Å²) in [5, 5.41) is 19.6. The van der Waals surface area contributed by atoms with Crippen molar-refractivity contribution in [1.82, 2.24) is 19.9 Å². The number of aliphatic hydroxyl groups is 1. The van der Waals surface area contributed by atoms with Crippen molar-refractivity contribution in [2.75, 3.05) is 13.1 Å². The quantitative estimate of drug-likeness (QED) is 0.435. The minimum atomic E-state index is -0.303. The number of carbonyl (C=O) groups excluding carboxylic acids is 1. The minimum Gasteiger partial charge on any atom is -0.480 e. The fraction of sp³-hybridized carbons (Fsp3) is 0.208. The topological polar surface area (TPSA) is 102 Å². The molecule has 162 valence electrons. The molecular formula is C24H21ClN4O3. The van der Waals surface area contributed by atoms with Crippen LogP contribution in [0.2, 0.25) is 5.02 Å². The van der Waals surface area contributed by atoms with Gasteiger partial charge in [0.05, 0.1) is 22.3 Å². The Morgan fingerprint density at radius 3 is 2.22 bits per heavy atom. The Balaban J connectivity index is 1.35. The fourth-order valence-electron chi connectivity index (χ4n) is 3.98. The molecule has 8 heteroatoms. The van der Waals surface area contributed by atoms with Crippen molar-refractivity contribution in [3.63, 3.8) is 0 Å². The summed E-state index contributed by atoms with van der Waals surface area (Å²) in [6.07, 6.45) is 0.954. The lowest BCUT2D eigenvalue weighted by Gasteiger charge is -2.29. The number of hydrogen-bond acceptors (Lipinski definition) is 5. The maximum absolute atomic E-state index is 12.7. The van der Waals surface area contributed by atoms with Crippen molar-refractivity contribution in [3.8, 4) is 28.4 Å². The maximum atomic E-state index is 12.7. The molecule has 4 aromatic rings. The number of aromatic nitrogens is 3. The van der Waals surface area contributed by atoms with E-state index in [0.29, 0.717) is 53.4 Å². The number of piperidine rings is 1. The Hall–Kier alpha value is -3.42. The Morgan fingerprint density at radius 2 is 1.56 bits per heavy atom. The van der Waals surface area contributed by atoms with Gasteiger partial charge in [-0.1, -0.05) is 48.0 Å². The first kappa shape index (κ1) is 20.5.